The van der Waals surface area contributed by atoms with Crippen molar-refractivity contribution in [3.05, 3.63) is 0 Å². The van der Waals surface area contributed by atoms with E-state index in [2.05, 4.69) is 5.32 Å². The SMILES string of the molecule is OC(CNCC1CCOCC1)C(F)F. The van der Waals surface area contributed by atoms with Gasteiger partial charge in [0.05, 0.1) is 0 Å². The van der Waals surface area contributed by atoms with Crippen LogP contribution in [0.15, 0.2) is 0 Å². The van der Waals surface area contributed by atoms with Gasteiger partial charge in [-0.2, -0.15) is 0 Å². The molecule has 14 heavy (non-hydrogen) atoms. The molecular formula is C9H17F2NO2. The first-order chi connectivity index (χ1) is 6.70. The molecule has 0 aliphatic carbocycles. The zero-order valence-electron chi connectivity index (χ0n) is 8.09. The van der Waals surface area contributed by atoms with Crippen molar-refractivity contribution in [1.29, 1.82) is 0 Å². The fourth-order valence-corrected chi connectivity index (χ4v) is 1.47. The molecule has 1 rings (SSSR count). The summed E-state index contributed by atoms with van der Waals surface area (Å²) in [5.41, 5.74) is 0. The lowest BCUT2D eigenvalue weighted by atomic mass is 10.0. The van der Waals surface area contributed by atoms with E-state index in [1.807, 2.05) is 0 Å². The molecule has 1 fully saturated rings. The van der Waals surface area contributed by atoms with Crippen molar-refractivity contribution in [2.24, 2.45) is 5.92 Å². The van der Waals surface area contributed by atoms with Crippen molar-refractivity contribution in [3.63, 3.8) is 0 Å². The van der Waals surface area contributed by atoms with Crippen LogP contribution in [0.1, 0.15) is 12.8 Å². The van der Waals surface area contributed by atoms with Crippen LogP contribution in [0.3, 0.4) is 0 Å². The molecule has 0 aromatic rings. The van der Waals surface area contributed by atoms with Gasteiger partial charge in [-0.3, -0.25) is 0 Å². The first kappa shape index (κ1) is 11.8. The molecule has 84 valence electrons. The summed E-state index contributed by atoms with van der Waals surface area (Å²) in [5.74, 6) is 0.494. The highest BCUT2D eigenvalue weighted by molar-refractivity contribution is 4.68. The van der Waals surface area contributed by atoms with E-state index in [9.17, 15) is 8.78 Å². The Balaban J connectivity index is 2.02. The van der Waals surface area contributed by atoms with Crippen molar-refractivity contribution < 1.29 is 18.6 Å². The minimum absolute atomic E-state index is 0.0327. The molecule has 2 N–H and O–H groups in total. The van der Waals surface area contributed by atoms with Crippen LogP contribution in [-0.2, 0) is 4.74 Å². The van der Waals surface area contributed by atoms with E-state index in [0.29, 0.717) is 12.5 Å². The molecule has 0 radical (unpaired) electrons. The van der Waals surface area contributed by atoms with E-state index < -0.39 is 12.5 Å². The quantitative estimate of drug-likeness (QED) is 0.697. The van der Waals surface area contributed by atoms with Crippen molar-refractivity contribution >= 4 is 0 Å². The van der Waals surface area contributed by atoms with Gasteiger partial charge in [0.1, 0.15) is 6.10 Å². The molecule has 1 unspecified atom stereocenters. The lowest BCUT2D eigenvalue weighted by Gasteiger charge is -2.22. The van der Waals surface area contributed by atoms with Crippen molar-refractivity contribution in [3.8, 4) is 0 Å². The standard InChI is InChI=1S/C9H17F2NO2/c10-9(11)8(13)6-12-5-7-1-3-14-4-2-7/h7-9,12-13H,1-6H2. The second kappa shape index (κ2) is 6.27. The molecule has 1 saturated heterocycles. The average molecular weight is 209 g/mol. The van der Waals surface area contributed by atoms with Crippen LogP contribution in [-0.4, -0.2) is 43.9 Å². The molecular weight excluding hydrogens is 192 g/mol. The first-order valence-electron chi connectivity index (χ1n) is 4.95. The molecule has 0 aromatic heterocycles. The summed E-state index contributed by atoms with van der Waals surface area (Å²) in [5, 5.41) is 11.7. The van der Waals surface area contributed by atoms with E-state index >= 15 is 0 Å². The van der Waals surface area contributed by atoms with Crippen LogP contribution in [0.25, 0.3) is 0 Å². The fourth-order valence-electron chi connectivity index (χ4n) is 1.47. The van der Waals surface area contributed by atoms with E-state index in [-0.39, 0.29) is 6.54 Å². The van der Waals surface area contributed by atoms with Crippen molar-refractivity contribution in [2.75, 3.05) is 26.3 Å². The highest BCUT2D eigenvalue weighted by Crippen LogP contribution is 2.13. The zero-order chi connectivity index (χ0) is 10.4. The van der Waals surface area contributed by atoms with Crippen molar-refractivity contribution in [2.45, 2.75) is 25.4 Å². The van der Waals surface area contributed by atoms with Gasteiger partial charge in [0.25, 0.3) is 6.43 Å². The number of ether oxygens (including phenoxy) is 1. The topological polar surface area (TPSA) is 41.5 Å². The summed E-state index contributed by atoms with van der Waals surface area (Å²) < 4.78 is 28.9. The van der Waals surface area contributed by atoms with E-state index in [4.69, 9.17) is 9.84 Å². The molecule has 0 bridgehead atoms. The number of alkyl halides is 2. The molecule has 3 nitrogen and oxygen atoms in total. The molecule has 0 spiro atoms. The maximum Gasteiger partial charge on any atom is 0.265 e. The predicted octanol–water partition coefficient (Wildman–Crippen LogP) is 0.629. The molecule has 1 aliphatic rings. The average Bonchev–Trinajstić information content (AvgIpc) is 2.19. The summed E-state index contributed by atoms with van der Waals surface area (Å²) in [6, 6.07) is 0. The van der Waals surface area contributed by atoms with Crippen LogP contribution in [0, 0.1) is 5.92 Å². The van der Waals surface area contributed by atoms with Crippen LogP contribution in [0.4, 0.5) is 8.78 Å². The van der Waals surface area contributed by atoms with Gasteiger partial charge in [-0.15, -0.1) is 0 Å². The monoisotopic (exact) mass is 209 g/mol. The summed E-state index contributed by atoms with van der Waals surface area (Å²) in [7, 11) is 0. The Morgan fingerprint density at radius 3 is 2.57 bits per heavy atom. The number of hydrogen-bond donors (Lipinski definition) is 2. The minimum Gasteiger partial charge on any atom is -0.386 e. The van der Waals surface area contributed by atoms with Gasteiger partial charge in [0.2, 0.25) is 0 Å². The molecule has 1 heterocycles. The third kappa shape index (κ3) is 4.30. The fraction of sp³-hybridized carbons (Fsp3) is 1.00. The Bertz CT molecular complexity index is 152. The number of rotatable bonds is 5. The van der Waals surface area contributed by atoms with Crippen LogP contribution < -0.4 is 5.32 Å². The third-order valence-corrected chi connectivity index (χ3v) is 2.42. The second-order valence-electron chi connectivity index (χ2n) is 3.62. The molecule has 0 aromatic carbocycles. The van der Waals surface area contributed by atoms with Crippen LogP contribution >= 0.6 is 0 Å². The smallest absolute Gasteiger partial charge is 0.265 e. The zero-order valence-corrected chi connectivity index (χ0v) is 8.09. The summed E-state index contributed by atoms with van der Waals surface area (Å²) in [4.78, 5) is 0. The Morgan fingerprint density at radius 2 is 2.00 bits per heavy atom. The van der Waals surface area contributed by atoms with E-state index in [0.717, 1.165) is 26.1 Å². The molecule has 1 atom stereocenters. The maximum atomic E-state index is 11.9. The minimum atomic E-state index is -2.66. The van der Waals surface area contributed by atoms with Gasteiger partial charge in [0, 0.05) is 19.8 Å². The van der Waals surface area contributed by atoms with Crippen molar-refractivity contribution in [1.82, 2.24) is 5.32 Å². The number of hydrogen-bond acceptors (Lipinski definition) is 3. The lowest BCUT2D eigenvalue weighted by Crippen LogP contribution is -2.36. The summed E-state index contributed by atoms with van der Waals surface area (Å²) in [6.07, 6.45) is -2.26. The Hall–Kier alpha value is -0.260. The van der Waals surface area contributed by atoms with Gasteiger partial charge in [0.15, 0.2) is 0 Å². The number of halogens is 2. The first-order valence-corrected chi connectivity index (χ1v) is 4.95. The summed E-state index contributed by atoms with van der Waals surface area (Å²) >= 11 is 0. The predicted molar refractivity (Wildman–Crippen MR) is 48.4 cm³/mol. The third-order valence-electron chi connectivity index (χ3n) is 2.42. The Labute approximate surface area is 82.4 Å². The van der Waals surface area contributed by atoms with Gasteiger partial charge < -0.3 is 15.2 Å². The normalized spacial score (nSPS) is 21.4. The van der Waals surface area contributed by atoms with E-state index in [1.165, 1.54) is 0 Å². The lowest BCUT2D eigenvalue weighted by molar-refractivity contribution is -0.00470. The molecule has 0 saturated carbocycles. The van der Waals surface area contributed by atoms with E-state index in [1.54, 1.807) is 0 Å². The van der Waals surface area contributed by atoms with Crippen LogP contribution in [0.5, 0.6) is 0 Å². The second-order valence-corrected chi connectivity index (χ2v) is 3.62. The Kier molecular flexibility index (Phi) is 5.29. The van der Waals surface area contributed by atoms with Gasteiger partial charge in [-0.1, -0.05) is 0 Å². The van der Waals surface area contributed by atoms with Gasteiger partial charge in [-0.25, -0.2) is 8.78 Å². The maximum absolute atomic E-state index is 11.9. The van der Waals surface area contributed by atoms with Crippen LogP contribution in [0.2, 0.25) is 0 Å². The Morgan fingerprint density at radius 1 is 1.36 bits per heavy atom. The van der Waals surface area contributed by atoms with Gasteiger partial charge >= 0.3 is 0 Å². The number of nitrogens with one attached hydrogen (secondary N) is 1. The highest BCUT2D eigenvalue weighted by atomic mass is 19.3. The molecule has 5 heteroatoms. The largest absolute Gasteiger partial charge is 0.386 e. The molecule has 0 amide bonds. The number of aliphatic hydroxyl groups excluding tert-OH is 1. The van der Waals surface area contributed by atoms with Gasteiger partial charge in [-0.05, 0) is 25.3 Å². The molecule has 1 aliphatic heterocycles. The highest BCUT2D eigenvalue weighted by Gasteiger charge is 2.18. The number of aliphatic hydroxyl groups is 1. The summed E-state index contributed by atoms with van der Waals surface area (Å²) in [6.45, 7) is 2.16.